The summed E-state index contributed by atoms with van der Waals surface area (Å²) in [5.41, 5.74) is 0. The summed E-state index contributed by atoms with van der Waals surface area (Å²) in [4.78, 5) is 0. The van der Waals surface area contributed by atoms with Crippen molar-refractivity contribution in [2.45, 2.75) is 64.7 Å². The third-order valence-corrected chi connectivity index (χ3v) is 2.83. The average Bonchev–Trinajstić information content (AvgIpc) is 2.39. The van der Waals surface area contributed by atoms with Crippen LogP contribution in [0.15, 0.2) is 24.5 Å². The van der Waals surface area contributed by atoms with E-state index in [0.717, 1.165) is 0 Å². The molecular formula is C16H30O2. The van der Waals surface area contributed by atoms with Gasteiger partial charge in [-0.1, -0.05) is 64.0 Å². The normalized spacial score (nSPS) is 11.7. The highest BCUT2D eigenvalue weighted by Crippen LogP contribution is 2.09. The molecule has 0 aliphatic heterocycles. The van der Waals surface area contributed by atoms with Crippen LogP contribution >= 0.6 is 0 Å². The number of hydrogen-bond acceptors (Lipinski definition) is 2. The number of unbranched alkanes of at least 4 members (excludes halogenated alkanes) is 8. The van der Waals surface area contributed by atoms with Crippen LogP contribution in [0.2, 0.25) is 0 Å². The van der Waals surface area contributed by atoms with Gasteiger partial charge >= 0.3 is 0 Å². The van der Waals surface area contributed by atoms with Gasteiger partial charge in [0, 0.05) is 7.11 Å². The largest absolute Gasteiger partial charge is 0.475 e. The molecule has 2 heteroatoms. The van der Waals surface area contributed by atoms with E-state index in [9.17, 15) is 0 Å². The first-order chi connectivity index (χ1) is 8.91. The molecule has 0 heterocycles. The minimum absolute atomic E-state index is 0.322. The predicted molar refractivity (Wildman–Crippen MR) is 78.5 cm³/mol. The van der Waals surface area contributed by atoms with Crippen LogP contribution < -0.4 is 0 Å². The van der Waals surface area contributed by atoms with Crippen molar-refractivity contribution in [2.75, 3.05) is 13.9 Å². The third kappa shape index (κ3) is 15.2. The quantitative estimate of drug-likeness (QED) is 0.194. The summed E-state index contributed by atoms with van der Waals surface area (Å²) in [6, 6.07) is 0. The monoisotopic (exact) mass is 254 g/mol. The van der Waals surface area contributed by atoms with E-state index in [2.05, 4.69) is 13.0 Å². The van der Waals surface area contributed by atoms with E-state index >= 15 is 0 Å². The molecule has 106 valence electrons. The second-order valence-corrected chi connectivity index (χ2v) is 4.59. The van der Waals surface area contributed by atoms with Gasteiger partial charge in [0.1, 0.15) is 0 Å². The summed E-state index contributed by atoms with van der Waals surface area (Å²) in [6.07, 6.45) is 20.0. The lowest BCUT2D eigenvalue weighted by Gasteiger charge is -1.99. The Kier molecular flexibility index (Phi) is 15.6. The minimum atomic E-state index is 0.322. The minimum Gasteiger partial charge on any atom is -0.475 e. The number of rotatable bonds is 13. The van der Waals surface area contributed by atoms with Crippen LogP contribution in [0.5, 0.6) is 0 Å². The average molecular weight is 254 g/mol. The van der Waals surface area contributed by atoms with Crippen LogP contribution in [0.3, 0.4) is 0 Å². The molecular weight excluding hydrogens is 224 g/mol. The van der Waals surface area contributed by atoms with Gasteiger partial charge in [-0.25, -0.2) is 0 Å². The van der Waals surface area contributed by atoms with Gasteiger partial charge in [-0.15, -0.1) is 0 Å². The van der Waals surface area contributed by atoms with E-state index in [1.807, 2.05) is 12.2 Å². The summed E-state index contributed by atoms with van der Waals surface area (Å²) in [5.74, 6) is 0. The van der Waals surface area contributed by atoms with Gasteiger partial charge in [-0.2, -0.15) is 0 Å². The maximum atomic E-state index is 5.02. The fourth-order valence-electron chi connectivity index (χ4n) is 1.78. The van der Waals surface area contributed by atoms with Crippen LogP contribution in [0.1, 0.15) is 64.7 Å². The van der Waals surface area contributed by atoms with Crippen molar-refractivity contribution in [2.24, 2.45) is 0 Å². The zero-order chi connectivity index (χ0) is 13.3. The van der Waals surface area contributed by atoms with Gasteiger partial charge < -0.3 is 9.47 Å². The first-order valence-corrected chi connectivity index (χ1v) is 7.34. The van der Waals surface area contributed by atoms with Gasteiger partial charge in [0.15, 0.2) is 6.79 Å². The molecule has 0 unspecified atom stereocenters. The molecule has 0 atom stereocenters. The van der Waals surface area contributed by atoms with Crippen molar-refractivity contribution in [1.82, 2.24) is 0 Å². The molecule has 0 fully saturated rings. The van der Waals surface area contributed by atoms with Gasteiger partial charge in [0.2, 0.25) is 0 Å². The molecule has 0 aliphatic rings. The summed E-state index contributed by atoms with van der Waals surface area (Å²) in [7, 11) is 1.62. The van der Waals surface area contributed by atoms with Gasteiger partial charge in [0.05, 0.1) is 6.26 Å². The van der Waals surface area contributed by atoms with Crippen molar-refractivity contribution in [3.05, 3.63) is 24.5 Å². The lowest BCUT2D eigenvalue weighted by Crippen LogP contribution is -1.87. The molecule has 0 aliphatic carbocycles. The van der Waals surface area contributed by atoms with Crippen molar-refractivity contribution in [3.63, 3.8) is 0 Å². The summed E-state index contributed by atoms with van der Waals surface area (Å²) in [6.45, 7) is 2.59. The van der Waals surface area contributed by atoms with Crippen molar-refractivity contribution >= 4 is 0 Å². The zero-order valence-corrected chi connectivity index (χ0v) is 12.2. The highest BCUT2D eigenvalue weighted by atomic mass is 16.7. The van der Waals surface area contributed by atoms with E-state index in [1.165, 1.54) is 57.8 Å². The summed E-state index contributed by atoms with van der Waals surface area (Å²) in [5, 5.41) is 0. The SMILES string of the molecule is CCCCCCCCCC/C=C/C=C/OCOC. The van der Waals surface area contributed by atoms with Crippen molar-refractivity contribution < 1.29 is 9.47 Å². The van der Waals surface area contributed by atoms with E-state index in [1.54, 1.807) is 13.4 Å². The lowest BCUT2D eigenvalue weighted by molar-refractivity contribution is 0.0199. The Hall–Kier alpha value is -0.760. The molecule has 0 bridgehead atoms. The summed E-state index contributed by atoms with van der Waals surface area (Å²) < 4.78 is 9.77. The fraction of sp³-hybridized carbons (Fsp3) is 0.750. The highest BCUT2D eigenvalue weighted by molar-refractivity contribution is 4.99. The van der Waals surface area contributed by atoms with Crippen LogP contribution in [0.25, 0.3) is 0 Å². The van der Waals surface area contributed by atoms with Crippen LogP contribution in [0, 0.1) is 0 Å². The number of ether oxygens (including phenoxy) is 2. The number of allylic oxidation sites excluding steroid dienone is 3. The molecule has 0 radical (unpaired) electrons. The number of methoxy groups -OCH3 is 1. The molecule has 0 N–H and O–H groups in total. The molecule has 0 amide bonds. The van der Waals surface area contributed by atoms with Crippen molar-refractivity contribution in [1.29, 1.82) is 0 Å². The molecule has 0 spiro atoms. The second-order valence-electron chi connectivity index (χ2n) is 4.59. The Balaban J connectivity index is 3.10. The first-order valence-electron chi connectivity index (χ1n) is 7.34. The maximum Gasteiger partial charge on any atom is 0.187 e. The predicted octanol–water partition coefficient (Wildman–Crippen LogP) is 5.21. The molecule has 0 saturated heterocycles. The van der Waals surface area contributed by atoms with Gasteiger partial charge in [0.25, 0.3) is 0 Å². The third-order valence-electron chi connectivity index (χ3n) is 2.83. The molecule has 0 aromatic rings. The lowest BCUT2D eigenvalue weighted by atomic mass is 10.1. The molecule has 2 nitrogen and oxygen atoms in total. The maximum absolute atomic E-state index is 5.02. The molecule has 0 saturated carbocycles. The summed E-state index contributed by atoms with van der Waals surface area (Å²) >= 11 is 0. The van der Waals surface area contributed by atoms with Crippen LogP contribution in [-0.2, 0) is 9.47 Å². The topological polar surface area (TPSA) is 18.5 Å². The van der Waals surface area contributed by atoms with E-state index in [-0.39, 0.29) is 0 Å². The van der Waals surface area contributed by atoms with Crippen LogP contribution in [-0.4, -0.2) is 13.9 Å². The molecule has 0 aromatic heterocycles. The van der Waals surface area contributed by atoms with E-state index < -0.39 is 0 Å². The molecule has 0 aromatic carbocycles. The van der Waals surface area contributed by atoms with E-state index in [4.69, 9.17) is 9.47 Å². The van der Waals surface area contributed by atoms with Crippen LogP contribution in [0.4, 0.5) is 0 Å². The zero-order valence-electron chi connectivity index (χ0n) is 12.2. The second kappa shape index (κ2) is 16.2. The highest BCUT2D eigenvalue weighted by Gasteiger charge is 1.89. The Morgan fingerprint density at radius 3 is 2.17 bits per heavy atom. The standard InChI is InChI=1S/C16H30O2/c1-3-4-5-6-7-8-9-10-11-12-13-14-15-18-16-17-2/h12-15H,3-11,16H2,1-2H3/b13-12+,15-14+. The first kappa shape index (κ1) is 17.2. The Labute approximate surface area is 113 Å². The Morgan fingerprint density at radius 1 is 0.833 bits per heavy atom. The van der Waals surface area contributed by atoms with Crippen molar-refractivity contribution in [3.8, 4) is 0 Å². The molecule has 18 heavy (non-hydrogen) atoms. The fourth-order valence-corrected chi connectivity index (χ4v) is 1.78. The van der Waals surface area contributed by atoms with E-state index in [0.29, 0.717) is 6.79 Å². The molecule has 0 rings (SSSR count). The smallest absolute Gasteiger partial charge is 0.187 e. The Bertz CT molecular complexity index is 197. The van der Waals surface area contributed by atoms with Gasteiger partial charge in [-0.05, 0) is 18.9 Å². The Morgan fingerprint density at radius 2 is 1.50 bits per heavy atom. The number of hydrogen-bond donors (Lipinski definition) is 0. The van der Waals surface area contributed by atoms with Gasteiger partial charge in [-0.3, -0.25) is 0 Å².